The van der Waals surface area contributed by atoms with Crippen LogP contribution in [0.3, 0.4) is 0 Å². The van der Waals surface area contributed by atoms with E-state index in [1.165, 1.54) is 13.0 Å². The van der Waals surface area contributed by atoms with Crippen molar-refractivity contribution >= 4 is 5.91 Å². The predicted molar refractivity (Wildman–Crippen MR) is 60.6 cm³/mol. The molecule has 2 rings (SSSR count). The van der Waals surface area contributed by atoms with E-state index in [9.17, 15) is 4.79 Å². The van der Waals surface area contributed by atoms with E-state index >= 15 is 0 Å². The molecule has 0 N–H and O–H groups in total. The molecule has 0 atom stereocenters. The summed E-state index contributed by atoms with van der Waals surface area (Å²) in [6.07, 6.45) is 1.97. The van der Waals surface area contributed by atoms with Crippen molar-refractivity contribution in [2.45, 2.75) is 26.7 Å². The minimum Gasteiger partial charge on any atom is -0.346 e. The van der Waals surface area contributed by atoms with Gasteiger partial charge >= 0.3 is 0 Å². The van der Waals surface area contributed by atoms with Gasteiger partial charge in [0.1, 0.15) is 0 Å². The Morgan fingerprint density at radius 3 is 2.60 bits per heavy atom. The molecule has 15 heavy (non-hydrogen) atoms. The SMILES string of the molecule is CC(C)CN1CC2(CCN(C)C(=O)C2)C1. The standard InChI is InChI=1S/C12H22N2O/c1-10(2)7-14-8-12(9-14)4-5-13(3)11(15)6-12/h10H,4-9H2,1-3H3. The highest BCUT2D eigenvalue weighted by molar-refractivity contribution is 5.77. The molecule has 0 aromatic rings. The van der Waals surface area contributed by atoms with Crippen molar-refractivity contribution in [3.63, 3.8) is 0 Å². The van der Waals surface area contributed by atoms with Crippen molar-refractivity contribution in [1.29, 1.82) is 0 Å². The van der Waals surface area contributed by atoms with Gasteiger partial charge in [0.15, 0.2) is 0 Å². The van der Waals surface area contributed by atoms with Crippen LogP contribution in [-0.2, 0) is 4.79 Å². The zero-order valence-corrected chi connectivity index (χ0v) is 10.1. The van der Waals surface area contributed by atoms with Crippen LogP contribution < -0.4 is 0 Å². The van der Waals surface area contributed by atoms with Crippen molar-refractivity contribution in [1.82, 2.24) is 9.80 Å². The van der Waals surface area contributed by atoms with Gasteiger partial charge in [-0.1, -0.05) is 13.8 Å². The van der Waals surface area contributed by atoms with Gasteiger partial charge in [0, 0.05) is 45.1 Å². The predicted octanol–water partition coefficient (Wildman–Crippen LogP) is 1.20. The lowest BCUT2D eigenvalue weighted by Crippen LogP contribution is -2.61. The summed E-state index contributed by atoms with van der Waals surface area (Å²) in [5.74, 6) is 1.08. The van der Waals surface area contributed by atoms with E-state index in [-0.39, 0.29) is 0 Å². The maximum absolute atomic E-state index is 11.6. The number of hydrogen-bond acceptors (Lipinski definition) is 2. The second kappa shape index (κ2) is 3.78. The first kappa shape index (κ1) is 10.9. The van der Waals surface area contributed by atoms with Gasteiger partial charge in [-0.05, 0) is 12.3 Å². The van der Waals surface area contributed by atoms with Crippen LogP contribution in [0, 0.1) is 11.3 Å². The van der Waals surface area contributed by atoms with Gasteiger partial charge < -0.3 is 9.80 Å². The number of carbonyl (C=O) groups excluding carboxylic acids is 1. The van der Waals surface area contributed by atoms with E-state index < -0.39 is 0 Å². The maximum Gasteiger partial charge on any atom is 0.222 e. The third-order valence-electron chi connectivity index (χ3n) is 3.67. The summed E-state index contributed by atoms with van der Waals surface area (Å²) in [7, 11) is 1.92. The molecule has 1 spiro atoms. The zero-order valence-electron chi connectivity index (χ0n) is 10.1. The van der Waals surface area contributed by atoms with Gasteiger partial charge in [0.2, 0.25) is 5.91 Å². The van der Waals surface area contributed by atoms with Gasteiger partial charge in [-0.15, -0.1) is 0 Å². The second-order valence-electron chi connectivity index (χ2n) is 5.81. The zero-order chi connectivity index (χ0) is 11.1. The Kier molecular flexibility index (Phi) is 2.75. The van der Waals surface area contributed by atoms with Crippen molar-refractivity contribution in [3.05, 3.63) is 0 Å². The first-order valence-corrected chi connectivity index (χ1v) is 5.97. The van der Waals surface area contributed by atoms with Crippen LogP contribution in [0.1, 0.15) is 26.7 Å². The number of piperidine rings is 1. The minimum atomic E-state index is 0.338. The molecule has 0 aromatic carbocycles. The molecule has 3 heteroatoms. The van der Waals surface area contributed by atoms with Crippen LogP contribution in [0.4, 0.5) is 0 Å². The Hall–Kier alpha value is -0.570. The Bertz CT molecular complexity index is 256. The highest BCUT2D eigenvalue weighted by atomic mass is 16.2. The smallest absolute Gasteiger partial charge is 0.222 e. The monoisotopic (exact) mass is 210 g/mol. The molecular formula is C12H22N2O. The van der Waals surface area contributed by atoms with E-state index in [0.29, 0.717) is 11.3 Å². The number of hydrogen-bond donors (Lipinski definition) is 0. The van der Waals surface area contributed by atoms with Gasteiger partial charge in [-0.2, -0.15) is 0 Å². The lowest BCUT2D eigenvalue weighted by Gasteiger charge is -2.53. The normalized spacial score (nSPS) is 26.1. The lowest BCUT2D eigenvalue weighted by molar-refractivity contribution is -0.143. The highest BCUT2D eigenvalue weighted by Crippen LogP contribution is 2.40. The molecular weight excluding hydrogens is 188 g/mol. The van der Waals surface area contributed by atoms with Crippen LogP contribution in [0.2, 0.25) is 0 Å². The number of rotatable bonds is 2. The lowest BCUT2D eigenvalue weighted by atomic mass is 9.71. The quantitative estimate of drug-likeness (QED) is 0.683. The van der Waals surface area contributed by atoms with Crippen molar-refractivity contribution in [3.8, 4) is 0 Å². The topological polar surface area (TPSA) is 23.6 Å². The van der Waals surface area contributed by atoms with Crippen molar-refractivity contribution in [2.24, 2.45) is 11.3 Å². The van der Waals surface area contributed by atoms with Crippen LogP contribution in [-0.4, -0.2) is 48.9 Å². The van der Waals surface area contributed by atoms with Crippen LogP contribution in [0.5, 0.6) is 0 Å². The van der Waals surface area contributed by atoms with Crippen molar-refractivity contribution < 1.29 is 4.79 Å². The van der Waals surface area contributed by atoms with E-state index in [1.54, 1.807) is 0 Å². The first-order chi connectivity index (χ1) is 7.01. The van der Waals surface area contributed by atoms with E-state index in [1.807, 2.05) is 11.9 Å². The molecule has 2 aliphatic rings. The fourth-order valence-corrected chi connectivity index (χ4v) is 2.89. The number of amides is 1. The Morgan fingerprint density at radius 1 is 1.40 bits per heavy atom. The third-order valence-corrected chi connectivity index (χ3v) is 3.67. The second-order valence-corrected chi connectivity index (χ2v) is 5.81. The van der Waals surface area contributed by atoms with E-state index in [0.717, 1.165) is 32.0 Å². The Morgan fingerprint density at radius 2 is 2.07 bits per heavy atom. The average molecular weight is 210 g/mol. The summed E-state index contributed by atoms with van der Waals surface area (Å²) in [6, 6.07) is 0. The molecule has 2 fully saturated rings. The van der Waals surface area contributed by atoms with Gasteiger partial charge in [-0.3, -0.25) is 4.79 Å². The number of carbonyl (C=O) groups is 1. The Balaban J connectivity index is 1.84. The number of nitrogens with zero attached hydrogens (tertiary/aromatic N) is 2. The van der Waals surface area contributed by atoms with E-state index in [2.05, 4.69) is 18.7 Å². The summed E-state index contributed by atoms with van der Waals surface area (Å²) >= 11 is 0. The first-order valence-electron chi connectivity index (χ1n) is 5.97. The minimum absolute atomic E-state index is 0.338. The summed E-state index contributed by atoms with van der Waals surface area (Å²) in [6.45, 7) is 8.94. The molecule has 2 aliphatic heterocycles. The van der Waals surface area contributed by atoms with Gasteiger partial charge in [0.05, 0.1) is 0 Å². The van der Waals surface area contributed by atoms with Crippen LogP contribution in [0.15, 0.2) is 0 Å². The molecule has 0 unspecified atom stereocenters. The van der Waals surface area contributed by atoms with Gasteiger partial charge in [0.25, 0.3) is 0 Å². The molecule has 0 bridgehead atoms. The molecule has 3 nitrogen and oxygen atoms in total. The number of likely N-dealkylation sites (tertiary alicyclic amines) is 2. The van der Waals surface area contributed by atoms with Gasteiger partial charge in [-0.25, -0.2) is 0 Å². The molecule has 0 radical (unpaired) electrons. The fraction of sp³-hybridized carbons (Fsp3) is 0.917. The van der Waals surface area contributed by atoms with Crippen molar-refractivity contribution in [2.75, 3.05) is 33.2 Å². The fourth-order valence-electron chi connectivity index (χ4n) is 2.89. The summed E-state index contributed by atoms with van der Waals surface area (Å²) in [5, 5.41) is 0. The molecule has 0 aromatic heterocycles. The molecule has 2 saturated heterocycles. The van der Waals surface area contributed by atoms with Crippen LogP contribution in [0.25, 0.3) is 0 Å². The van der Waals surface area contributed by atoms with E-state index in [4.69, 9.17) is 0 Å². The summed E-state index contributed by atoms with van der Waals surface area (Å²) < 4.78 is 0. The molecule has 2 heterocycles. The van der Waals surface area contributed by atoms with Crippen LogP contribution >= 0.6 is 0 Å². The molecule has 86 valence electrons. The summed E-state index contributed by atoms with van der Waals surface area (Å²) in [4.78, 5) is 16.0. The molecule has 1 amide bonds. The summed E-state index contributed by atoms with van der Waals surface area (Å²) in [5.41, 5.74) is 0.346. The maximum atomic E-state index is 11.6. The molecule has 0 saturated carbocycles. The average Bonchev–Trinajstić information content (AvgIpc) is 2.08. The Labute approximate surface area is 92.4 Å². The third kappa shape index (κ3) is 2.17. The highest BCUT2D eigenvalue weighted by Gasteiger charge is 2.46. The largest absolute Gasteiger partial charge is 0.346 e. The molecule has 0 aliphatic carbocycles.